The molecule has 0 saturated heterocycles. The van der Waals surface area contributed by atoms with Gasteiger partial charge in [-0.1, -0.05) is 5.21 Å². The minimum absolute atomic E-state index is 0. The molecule has 0 fully saturated rings. The first kappa shape index (κ1) is 7.49. The molecular weight excluding hydrogens is 121 g/mol. The zero-order valence-corrected chi connectivity index (χ0v) is 6.84. The van der Waals surface area contributed by atoms with E-state index in [9.17, 15) is 0 Å². The van der Waals surface area contributed by atoms with Gasteiger partial charge in [0.2, 0.25) is 0 Å². The molecule has 1 heterocycles. The van der Waals surface area contributed by atoms with Crippen LogP contribution in [0.1, 0.15) is 0 Å². The Labute approximate surface area is 68.9 Å². The molecule has 0 amide bonds. The molecule has 1 radical (unpaired) electrons. The summed E-state index contributed by atoms with van der Waals surface area (Å²) in [7, 11) is 0. The largest absolute Gasteiger partial charge is 0.197 e. The van der Waals surface area contributed by atoms with E-state index >= 15 is 0 Å². The van der Waals surface area contributed by atoms with Crippen LogP contribution in [0.4, 0.5) is 0 Å². The molecular formula is C2H3N3NaS. The Hall–Kier alpha value is 0.490. The molecule has 1 aromatic heterocycles. The van der Waals surface area contributed by atoms with Crippen molar-refractivity contribution >= 4 is 42.4 Å². The van der Waals surface area contributed by atoms with Crippen LogP contribution in [0.15, 0.2) is 12.4 Å². The van der Waals surface area contributed by atoms with E-state index in [2.05, 4.69) is 23.1 Å². The topological polar surface area (TPSA) is 30.7 Å². The second-order valence-electron chi connectivity index (χ2n) is 0.823. The van der Waals surface area contributed by atoms with Gasteiger partial charge in [-0.05, 0) is 12.8 Å². The Balaban J connectivity index is 0.000000360. The maximum atomic E-state index is 3.78. The maximum Gasteiger partial charge on any atom is 0.0704 e. The van der Waals surface area contributed by atoms with Crippen molar-refractivity contribution in [2.45, 2.75) is 0 Å². The molecule has 0 bridgehead atoms. The van der Waals surface area contributed by atoms with E-state index in [4.69, 9.17) is 0 Å². The molecule has 0 saturated carbocycles. The van der Waals surface area contributed by atoms with E-state index in [0.29, 0.717) is 0 Å². The zero-order valence-electron chi connectivity index (χ0n) is 3.94. The summed E-state index contributed by atoms with van der Waals surface area (Å²) in [5.74, 6) is 0. The van der Waals surface area contributed by atoms with Crippen molar-refractivity contribution < 1.29 is 0 Å². The summed E-state index contributed by atoms with van der Waals surface area (Å²) in [4.78, 5) is 0. The fraction of sp³-hybridized carbons (Fsp3) is 0. The van der Waals surface area contributed by atoms with E-state index in [1.165, 1.54) is 4.09 Å². The molecule has 3 nitrogen and oxygen atoms in total. The van der Waals surface area contributed by atoms with Gasteiger partial charge in [-0.3, -0.25) is 0 Å². The summed E-state index contributed by atoms with van der Waals surface area (Å²) in [5, 5.41) is 6.91. The van der Waals surface area contributed by atoms with E-state index in [1.54, 1.807) is 12.4 Å². The van der Waals surface area contributed by atoms with Crippen LogP contribution >= 0.6 is 12.8 Å². The van der Waals surface area contributed by atoms with Gasteiger partial charge in [0.15, 0.2) is 0 Å². The molecule has 0 aromatic carbocycles. The molecule has 0 spiro atoms. The quantitative estimate of drug-likeness (QED) is 0.376. The normalized spacial score (nSPS) is 7.57. The molecule has 1 aromatic rings. The van der Waals surface area contributed by atoms with Gasteiger partial charge in [0.1, 0.15) is 0 Å². The van der Waals surface area contributed by atoms with Crippen molar-refractivity contribution in [3.05, 3.63) is 12.4 Å². The van der Waals surface area contributed by atoms with Crippen LogP contribution in [0.25, 0.3) is 0 Å². The van der Waals surface area contributed by atoms with Gasteiger partial charge in [-0.25, -0.2) is 0 Å². The number of hydrogen-bond acceptors (Lipinski definition) is 3. The first-order chi connectivity index (χ1) is 2.89. The number of thiol groups is 1. The van der Waals surface area contributed by atoms with E-state index in [-0.39, 0.29) is 29.6 Å². The Morgan fingerprint density at radius 3 is 2.43 bits per heavy atom. The predicted octanol–water partition coefficient (Wildman–Crippen LogP) is -0.410. The van der Waals surface area contributed by atoms with Crippen molar-refractivity contribution in [3.63, 3.8) is 0 Å². The Morgan fingerprint density at radius 1 is 1.57 bits per heavy atom. The van der Waals surface area contributed by atoms with E-state index in [1.807, 2.05) is 0 Å². The minimum Gasteiger partial charge on any atom is -0.197 e. The molecule has 7 heavy (non-hydrogen) atoms. The molecule has 0 atom stereocenters. The van der Waals surface area contributed by atoms with Gasteiger partial charge in [-0.15, -0.1) is 5.10 Å². The summed E-state index contributed by atoms with van der Waals surface area (Å²) < 4.78 is 1.33. The Bertz CT molecular complexity index is 116. The van der Waals surface area contributed by atoms with Crippen LogP contribution in [0.3, 0.4) is 0 Å². The van der Waals surface area contributed by atoms with Crippen molar-refractivity contribution in [2.75, 3.05) is 0 Å². The summed E-state index contributed by atoms with van der Waals surface area (Å²) in [5.41, 5.74) is 0. The van der Waals surface area contributed by atoms with Crippen LogP contribution in [0.5, 0.6) is 0 Å². The monoisotopic (exact) mass is 124 g/mol. The second-order valence-corrected chi connectivity index (χ2v) is 1.23. The standard InChI is InChI=1S/C2H3N3S.Na/c6-5-2-1-3-4-5;/h1-2,6H;. The van der Waals surface area contributed by atoms with E-state index in [0.717, 1.165) is 0 Å². The third kappa shape index (κ3) is 2.33. The molecule has 1 rings (SSSR count). The summed E-state index contributed by atoms with van der Waals surface area (Å²) in [6.45, 7) is 0. The summed E-state index contributed by atoms with van der Waals surface area (Å²) >= 11 is 3.78. The van der Waals surface area contributed by atoms with Gasteiger partial charge in [-0.2, -0.15) is 4.09 Å². The predicted molar refractivity (Wildman–Crippen MR) is 30.2 cm³/mol. The SMILES string of the molecule is Sn1ccnn1.[Na]. The smallest absolute Gasteiger partial charge is 0.0704 e. The Kier molecular flexibility index (Phi) is 3.73. The van der Waals surface area contributed by atoms with E-state index < -0.39 is 0 Å². The van der Waals surface area contributed by atoms with Crippen LogP contribution in [0.2, 0.25) is 0 Å². The van der Waals surface area contributed by atoms with Crippen LogP contribution in [0, 0.1) is 0 Å². The average molecular weight is 124 g/mol. The van der Waals surface area contributed by atoms with Crippen molar-refractivity contribution in [3.8, 4) is 0 Å². The van der Waals surface area contributed by atoms with Crippen LogP contribution in [-0.2, 0) is 0 Å². The first-order valence-corrected chi connectivity index (χ1v) is 1.85. The Morgan fingerprint density at radius 2 is 2.29 bits per heavy atom. The number of nitrogens with zero attached hydrogens (tertiary/aromatic N) is 3. The van der Waals surface area contributed by atoms with Gasteiger partial charge < -0.3 is 0 Å². The third-order valence-electron chi connectivity index (χ3n) is 0.410. The van der Waals surface area contributed by atoms with Gasteiger partial charge in [0.25, 0.3) is 0 Å². The van der Waals surface area contributed by atoms with Gasteiger partial charge >= 0.3 is 0 Å². The minimum atomic E-state index is 0. The molecule has 5 heteroatoms. The average Bonchev–Trinajstić information content (AvgIpc) is 1.86. The van der Waals surface area contributed by atoms with Crippen LogP contribution < -0.4 is 0 Å². The van der Waals surface area contributed by atoms with Crippen molar-refractivity contribution in [2.24, 2.45) is 0 Å². The molecule has 0 aliphatic rings. The van der Waals surface area contributed by atoms with Crippen molar-refractivity contribution in [1.82, 2.24) is 14.4 Å². The van der Waals surface area contributed by atoms with Crippen molar-refractivity contribution in [1.29, 1.82) is 0 Å². The summed E-state index contributed by atoms with van der Waals surface area (Å²) in [6.07, 6.45) is 3.20. The molecule has 0 N–H and O–H groups in total. The molecule has 0 aliphatic heterocycles. The molecule has 0 aliphatic carbocycles. The number of aromatic nitrogens is 3. The van der Waals surface area contributed by atoms with Gasteiger partial charge in [0, 0.05) is 29.6 Å². The fourth-order valence-corrected chi connectivity index (χ4v) is 0.308. The van der Waals surface area contributed by atoms with Crippen LogP contribution in [-0.4, -0.2) is 44.0 Å². The maximum absolute atomic E-state index is 3.78. The number of rotatable bonds is 0. The zero-order chi connectivity index (χ0) is 4.41. The fourth-order valence-electron chi connectivity index (χ4n) is 0.202. The second kappa shape index (κ2) is 3.49. The molecule has 33 valence electrons. The third-order valence-corrected chi connectivity index (χ3v) is 0.623. The first-order valence-electron chi connectivity index (χ1n) is 1.45. The summed E-state index contributed by atoms with van der Waals surface area (Å²) in [6, 6.07) is 0. The molecule has 0 unspecified atom stereocenters. The van der Waals surface area contributed by atoms with Gasteiger partial charge in [0.05, 0.1) is 12.4 Å². The number of hydrogen-bond donors (Lipinski definition) is 1.